The fourth-order valence-electron chi connectivity index (χ4n) is 2.86. The number of nitrogens with one attached hydrogen (secondary N) is 4. The van der Waals surface area contributed by atoms with Gasteiger partial charge in [-0.25, -0.2) is 14.6 Å². The topological polar surface area (TPSA) is 117 Å². The van der Waals surface area contributed by atoms with E-state index in [1.165, 1.54) is 7.11 Å². The number of halogens is 1. The van der Waals surface area contributed by atoms with E-state index < -0.39 is 12.1 Å². The number of anilines is 3. The highest BCUT2D eigenvalue weighted by Crippen LogP contribution is 2.27. The third-order valence-electron chi connectivity index (χ3n) is 4.29. The smallest absolute Gasteiger partial charge is 0.413 e. The van der Waals surface area contributed by atoms with Crippen molar-refractivity contribution in [1.29, 1.82) is 0 Å². The molecule has 0 bridgehead atoms. The van der Waals surface area contributed by atoms with E-state index in [0.717, 1.165) is 0 Å². The number of carbonyl (C=O) groups is 2. The standard InChI is InChI=1S/C22H18ClN5O4/c1-31-22(30)28-20-26-18-10-9-17(12-19(18)27-20)32-16-4-2-3-15(11-16)25-21(29)24-14-7-5-13(23)6-8-14/h2-12H,1H3,(H2,24,25,29)(H2,26,27,28,30). The maximum absolute atomic E-state index is 12.2. The number of fused-ring (bicyclic) bond motifs is 1. The summed E-state index contributed by atoms with van der Waals surface area (Å²) in [6.07, 6.45) is -0.620. The first kappa shape index (κ1) is 21.0. The molecule has 32 heavy (non-hydrogen) atoms. The van der Waals surface area contributed by atoms with Gasteiger partial charge in [-0.3, -0.25) is 5.32 Å². The highest BCUT2D eigenvalue weighted by atomic mass is 35.5. The quantitative estimate of drug-likeness (QED) is 0.304. The van der Waals surface area contributed by atoms with Gasteiger partial charge >= 0.3 is 12.1 Å². The first-order valence-electron chi connectivity index (χ1n) is 9.45. The zero-order valence-electron chi connectivity index (χ0n) is 16.8. The van der Waals surface area contributed by atoms with E-state index in [0.29, 0.717) is 38.9 Å². The molecule has 10 heteroatoms. The van der Waals surface area contributed by atoms with Gasteiger partial charge < -0.3 is 25.1 Å². The minimum absolute atomic E-state index is 0.266. The average molecular weight is 452 g/mol. The zero-order valence-corrected chi connectivity index (χ0v) is 17.6. The first-order chi connectivity index (χ1) is 15.5. The number of aromatic nitrogens is 2. The van der Waals surface area contributed by atoms with E-state index in [1.54, 1.807) is 66.7 Å². The number of nitrogens with zero attached hydrogens (tertiary/aromatic N) is 1. The van der Waals surface area contributed by atoms with Gasteiger partial charge in [-0.1, -0.05) is 17.7 Å². The van der Waals surface area contributed by atoms with Gasteiger partial charge in [0.05, 0.1) is 18.1 Å². The summed E-state index contributed by atoms with van der Waals surface area (Å²) < 4.78 is 10.5. The molecule has 0 fully saturated rings. The number of H-pyrrole nitrogens is 1. The molecule has 0 radical (unpaired) electrons. The van der Waals surface area contributed by atoms with Gasteiger partial charge in [-0.15, -0.1) is 0 Å². The van der Waals surface area contributed by atoms with Crippen molar-refractivity contribution >= 4 is 52.1 Å². The predicted molar refractivity (Wildman–Crippen MR) is 123 cm³/mol. The molecule has 9 nitrogen and oxygen atoms in total. The number of carbonyl (C=O) groups excluding carboxylic acids is 2. The number of imidazole rings is 1. The van der Waals surface area contributed by atoms with Crippen molar-refractivity contribution in [3.8, 4) is 11.5 Å². The summed E-state index contributed by atoms with van der Waals surface area (Å²) in [5.74, 6) is 1.34. The van der Waals surface area contributed by atoms with Gasteiger partial charge in [0.25, 0.3) is 0 Å². The molecule has 0 saturated carbocycles. The summed E-state index contributed by atoms with van der Waals surface area (Å²) in [6.45, 7) is 0. The molecule has 4 N–H and O–H groups in total. The first-order valence-corrected chi connectivity index (χ1v) is 9.82. The van der Waals surface area contributed by atoms with Gasteiger partial charge in [0.1, 0.15) is 11.5 Å². The second-order valence-corrected chi connectivity index (χ2v) is 7.03. The third-order valence-corrected chi connectivity index (χ3v) is 4.54. The maximum atomic E-state index is 12.2. The number of hydrogen-bond acceptors (Lipinski definition) is 5. The lowest BCUT2D eigenvalue weighted by Crippen LogP contribution is -2.19. The fourth-order valence-corrected chi connectivity index (χ4v) is 2.99. The van der Waals surface area contributed by atoms with Crippen LogP contribution >= 0.6 is 11.6 Å². The van der Waals surface area contributed by atoms with Crippen LogP contribution in [0.2, 0.25) is 5.02 Å². The predicted octanol–water partition coefficient (Wildman–Crippen LogP) is 5.83. The van der Waals surface area contributed by atoms with Crippen molar-refractivity contribution in [1.82, 2.24) is 9.97 Å². The molecule has 4 rings (SSSR count). The monoisotopic (exact) mass is 451 g/mol. The minimum atomic E-state index is -0.620. The van der Waals surface area contributed by atoms with Crippen molar-refractivity contribution in [3.63, 3.8) is 0 Å². The van der Waals surface area contributed by atoms with E-state index in [1.807, 2.05) is 0 Å². The number of benzene rings is 3. The molecule has 0 atom stereocenters. The van der Waals surface area contributed by atoms with Crippen LogP contribution in [-0.2, 0) is 4.74 Å². The normalized spacial score (nSPS) is 10.4. The largest absolute Gasteiger partial charge is 0.457 e. The number of rotatable bonds is 5. The second-order valence-electron chi connectivity index (χ2n) is 6.60. The lowest BCUT2D eigenvalue weighted by molar-refractivity contribution is 0.186. The number of ether oxygens (including phenoxy) is 2. The van der Waals surface area contributed by atoms with Crippen LogP contribution in [0, 0.1) is 0 Å². The Bertz CT molecular complexity index is 1270. The molecular formula is C22H18ClN5O4. The Hall–Kier alpha value is -4.24. The van der Waals surface area contributed by atoms with Crippen LogP contribution in [0.3, 0.4) is 0 Å². The molecule has 0 saturated heterocycles. The van der Waals surface area contributed by atoms with Gasteiger partial charge in [-0.2, -0.15) is 0 Å². The van der Waals surface area contributed by atoms with E-state index in [4.69, 9.17) is 16.3 Å². The van der Waals surface area contributed by atoms with Crippen LogP contribution in [-0.4, -0.2) is 29.2 Å². The molecule has 4 aromatic rings. The Kier molecular flexibility index (Phi) is 6.09. The summed E-state index contributed by atoms with van der Waals surface area (Å²) in [4.78, 5) is 30.8. The fraction of sp³-hybridized carbons (Fsp3) is 0.0455. The Labute approximate surface area is 187 Å². The van der Waals surface area contributed by atoms with Crippen LogP contribution in [0.4, 0.5) is 26.9 Å². The summed E-state index contributed by atoms with van der Waals surface area (Å²) in [5.41, 5.74) is 2.50. The van der Waals surface area contributed by atoms with Gasteiger partial charge in [0.2, 0.25) is 5.95 Å². The zero-order chi connectivity index (χ0) is 22.5. The minimum Gasteiger partial charge on any atom is -0.457 e. The molecule has 0 aliphatic rings. The molecular weight excluding hydrogens is 434 g/mol. The van der Waals surface area contributed by atoms with Gasteiger partial charge in [0.15, 0.2) is 0 Å². The summed E-state index contributed by atoms with van der Waals surface area (Å²) in [5, 5.41) is 8.55. The van der Waals surface area contributed by atoms with Crippen molar-refractivity contribution in [2.75, 3.05) is 23.1 Å². The Morgan fingerprint density at radius 3 is 2.44 bits per heavy atom. The van der Waals surface area contributed by atoms with Crippen LogP contribution in [0.5, 0.6) is 11.5 Å². The molecule has 162 valence electrons. The van der Waals surface area contributed by atoms with Crippen molar-refractivity contribution in [3.05, 3.63) is 71.8 Å². The molecule has 0 aliphatic heterocycles. The number of methoxy groups -OCH3 is 1. The highest BCUT2D eigenvalue weighted by molar-refractivity contribution is 6.30. The van der Waals surface area contributed by atoms with E-state index in [2.05, 4.69) is 30.7 Å². The lowest BCUT2D eigenvalue weighted by Gasteiger charge is -2.10. The maximum Gasteiger partial charge on any atom is 0.413 e. The molecule has 3 amide bonds. The average Bonchev–Trinajstić information content (AvgIpc) is 3.17. The number of amides is 3. The third kappa shape index (κ3) is 5.27. The van der Waals surface area contributed by atoms with Gasteiger partial charge in [-0.05, 0) is 48.5 Å². The molecule has 0 aliphatic carbocycles. The molecule has 0 unspecified atom stereocenters. The second kappa shape index (κ2) is 9.27. The number of hydrogen-bond donors (Lipinski definition) is 4. The Morgan fingerprint density at radius 2 is 1.66 bits per heavy atom. The molecule has 1 heterocycles. The SMILES string of the molecule is COC(=O)Nc1nc2ccc(Oc3cccc(NC(=O)Nc4ccc(Cl)cc4)c3)cc2[nH]1. The summed E-state index contributed by atoms with van der Waals surface area (Å²) >= 11 is 5.85. The van der Waals surface area contributed by atoms with E-state index in [9.17, 15) is 9.59 Å². The Balaban J connectivity index is 1.42. The summed E-state index contributed by atoms with van der Waals surface area (Å²) in [7, 11) is 1.27. The molecule has 3 aromatic carbocycles. The van der Waals surface area contributed by atoms with E-state index >= 15 is 0 Å². The van der Waals surface area contributed by atoms with Crippen LogP contribution in [0.15, 0.2) is 66.7 Å². The number of aromatic amines is 1. The van der Waals surface area contributed by atoms with Crippen LogP contribution < -0.4 is 20.7 Å². The van der Waals surface area contributed by atoms with Gasteiger partial charge in [0, 0.05) is 28.5 Å². The Morgan fingerprint density at radius 1 is 0.906 bits per heavy atom. The van der Waals surface area contributed by atoms with E-state index in [-0.39, 0.29) is 5.95 Å². The highest BCUT2D eigenvalue weighted by Gasteiger charge is 2.09. The van der Waals surface area contributed by atoms with Crippen LogP contribution in [0.25, 0.3) is 11.0 Å². The van der Waals surface area contributed by atoms with Crippen molar-refractivity contribution < 1.29 is 19.1 Å². The molecule has 0 spiro atoms. The van der Waals surface area contributed by atoms with Crippen molar-refractivity contribution in [2.45, 2.75) is 0 Å². The molecule has 1 aromatic heterocycles. The summed E-state index contributed by atoms with van der Waals surface area (Å²) in [6, 6.07) is 18.6. The lowest BCUT2D eigenvalue weighted by atomic mass is 10.3. The van der Waals surface area contributed by atoms with Crippen molar-refractivity contribution in [2.24, 2.45) is 0 Å². The van der Waals surface area contributed by atoms with Crippen LogP contribution in [0.1, 0.15) is 0 Å². The number of urea groups is 1.